The maximum atomic E-state index is 3.66. The van der Waals surface area contributed by atoms with Crippen molar-refractivity contribution in [1.29, 1.82) is 0 Å². The number of rotatable bonds is 6. The van der Waals surface area contributed by atoms with Gasteiger partial charge in [0.2, 0.25) is 0 Å². The molecular formula is C18H31N3. The average Bonchev–Trinajstić information content (AvgIpc) is 2.45. The van der Waals surface area contributed by atoms with Crippen LogP contribution in [0.15, 0.2) is 24.3 Å². The molecule has 1 aliphatic rings. The molecular weight excluding hydrogens is 258 g/mol. The Morgan fingerprint density at radius 1 is 1.14 bits per heavy atom. The molecule has 1 fully saturated rings. The van der Waals surface area contributed by atoms with Crippen molar-refractivity contribution >= 4 is 0 Å². The van der Waals surface area contributed by atoms with Gasteiger partial charge in [0.15, 0.2) is 0 Å². The van der Waals surface area contributed by atoms with Crippen molar-refractivity contribution in [2.24, 2.45) is 5.92 Å². The van der Waals surface area contributed by atoms with E-state index in [-0.39, 0.29) is 0 Å². The van der Waals surface area contributed by atoms with Crippen LogP contribution in [0.5, 0.6) is 0 Å². The molecule has 1 atom stereocenters. The third-order valence-corrected chi connectivity index (χ3v) is 4.54. The van der Waals surface area contributed by atoms with Gasteiger partial charge in [-0.1, -0.05) is 43.7 Å². The third-order valence-electron chi connectivity index (χ3n) is 4.54. The predicted molar refractivity (Wildman–Crippen MR) is 90.6 cm³/mol. The summed E-state index contributed by atoms with van der Waals surface area (Å²) in [6.45, 7) is 13.7. The van der Waals surface area contributed by atoms with Gasteiger partial charge in [-0.2, -0.15) is 0 Å². The fourth-order valence-corrected chi connectivity index (χ4v) is 3.13. The van der Waals surface area contributed by atoms with Gasteiger partial charge in [-0.15, -0.1) is 0 Å². The lowest BCUT2D eigenvalue weighted by Crippen LogP contribution is -2.53. The molecule has 0 aliphatic carbocycles. The molecule has 1 aromatic rings. The van der Waals surface area contributed by atoms with Crippen LogP contribution < -0.4 is 5.32 Å². The molecule has 3 nitrogen and oxygen atoms in total. The minimum absolute atomic E-state index is 0.642. The van der Waals surface area contributed by atoms with Crippen molar-refractivity contribution < 1.29 is 0 Å². The largest absolute Gasteiger partial charge is 0.311 e. The maximum Gasteiger partial charge on any atom is 0.0244 e. The van der Waals surface area contributed by atoms with Crippen LogP contribution in [0.2, 0.25) is 0 Å². The quantitative estimate of drug-likeness (QED) is 0.867. The lowest BCUT2D eigenvalue weighted by atomic mass is 10.0. The molecule has 0 radical (unpaired) electrons. The number of piperazine rings is 1. The summed E-state index contributed by atoms with van der Waals surface area (Å²) < 4.78 is 0. The molecule has 1 aromatic carbocycles. The Hall–Kier alpha value is -0.900. The second-order valence-electron chi connectivity index (χ2n) is 6.77. The second kappa shape index (κ2) is 7.92. The fourth-order valence-electron chi connectivity index (χ4n) is 3.13. The molecule has 3 heteroatoms. The van der Waals surface area contributed by atoms with Crippen LogP contribution in [0.1, 0.15) is 25.0 Å². The van der Waals surface area contributed by atoms with E-state index >= 15 is 0 Å². The van der Waals surface area contributed by atoms with Crippen molar-refractivity contribution in [3.8, 4) is 0 Å². The molecule has 0 bridgehead atoms. The molecule has 1 unspecified atom stereocenters. The topological polar surface area (TPSA) is 18.5 Å². The van der Waals surface area contributed by atoms with Crippen molar-refractivity contribution in [3.05, 3.63) is 35.4 Å². The first-order valence-electron chi connectivity index (χ1n) is 8.25. The minimum atomic E-state index is 0.642. The molecule has 0 saturated carbocycles. The summed E-state index contributed by atoms with van der Waals surface area (Å²) >= 11 is 0. The predicted octanol–water partition coefficient (Wildman–Crippen LogP) is 2.36. The Labute approximate surface area is 130 Å². The molecule has 1 aliphatic heterocycles. The van der Waals surface area contributed by atoms with Crippen molar-refractivity contribution in [1.82, 2.24) is 15.1 Å². The number of benzene rings is 1. The Morgan fingerprint density at radius 2 is 1.86 bits per heavy atom. The summed E-state index contributed by atoms with van der Waals surface area (Å²) in [6, 6.07) is 9.42. The third kappa shape index (κ3) is 5.10. The summed E-state index contributed by atoms with van der Waals surface area (Å²) in [7, 11) is 2.22. The highest BCUT2D eigenvalue weighted by Crippen LogP contribution is 2.13. The first-order valence-corrected chi connectivity index (χ1v) is 8.25. The number of likely N-dealkylation sites (N-methyl/N-ethyl adjacent to an activating group) is 1. The van der Waals surface area contributed by atoms with Crippen LogP contribution in [-0.4, -0.2) is 55.6 Å². The molecule has 1 heterocycles. The number of nitrogens with zero attached hydrogens (tertiary/aromatic N) is 2. The highest BCUT2D eigenvalue weighted by Gasteiger charge is 2.24. The summed E-state index contributed by atoms with van der Waals surface area (Å²) in [5.74, 6) is 0.693. The normalized spacial score (nSPS) is 19.1. The molecule has 0 aromatic heterocycles. The smallest absolute Gasteiger partial charge is 0.0244 e. The van der Waals surface area contributed by atoms with Gasteiger partial charge >= 0.3 is 0 Å². The lowest BCUT2D eigenvalue weighted by molar-refractivity contribution is 0.0875. The van der Waals surface area contributed by atoms with Gasteiger partial charge < -0.3 is 10.2 Å². The summed E-state index contributed by atoms with van der Waals surface area (Å²) in [4.78, 5) is 5.09. The molecule has 118 valence electrons. The average molecular weight is 289 g/mol. The number of hydrogen-bond acceptors (Lipinski definition) is 3. The van der Waals surface area contributed by atoms with E-state index in [0.29, 0.717) is 12.0 Å². The van der Waals surface area contributed by atoms with E-state index in [1.54, 1.807) is 0 Å². The molecule has 1 saturated heterocycles. The fraction of sp³-hybridized carbons (Fsp3) is 0.667. The molecule has 21 heavy (non-hydrogen) atoms. The zero-order valence-electron chi connectivity index (χ0n) is 14.1. The van der Waals surface area contributed by atoms with Crippen LogP contribution >= 0.6 is 0 Å². The Bertz CT molecular complexity index is 422. The van der Waals surface area contributed by atoms with Crippen LogP contribution in [0, 0.1) is 12.8 Å². The lowest BCUT2D eigenvalue weighted by Gasteiger charge is -2.40. The monoisotopic (exact) mass is 289 g/mol. The molecule has 0 amide bonds. The second-order valence-corrected chi connectivity index (χ2v) is 6.77. The number of nitrogens with one attached hydrogen (secondary N) is 1. The summed E-state index contributed by atoms with van der Waals surface area (Å²) in [5.41, 5.74) is 2.73. The van der Waals surface area contributed by atoms with E-state index in [0.717, 1.165) is 13.1 Å². The molecule has 0 spiro atoms. The van der Waals surface area contributed by atoms with E-state index in [1.165, 1.54) is 37.3 Å². The molecule has 2 rings (SSSR count). The van der Waals surface area contributed by atoms with Gasteiger partial charge in [0.1, 0.15) is 0 Å². The van der Waals surface area contributed by atoms with Gasteiger partial charge in [0.25, 0.3) is 0 Å². The highest BCUT2D eigenvalue weighted by molar-refractivity contribution is 5.21. The van der Waals surface area contributed by atoms with Gasteiger partial charge in [0.05, 0.1) is 0 Å². The van der Waals surface area contributed by atoms with E-state index in [9.17, 15) is 0 Å². The first-order chi connectivity index (χ1) is 10.1. The van der Waals surface area contributed by atoms with Crippen LogP contribution in [-0.2, 0) is 6.54 Å². The van der Waals surface area contributed by atoms with Crippen LogP contribution in [0.3, 0.4) is 0 Å². The van der Waals surface area contributed by atoms with Crippen LogP contribution in [0.25, 0.3) is 0 Å². The van der Waals surface area contributed by atoms with Crippen LogP contribution in [0.4, 0.5) is 0 Å². The Balaban J connectivity index is 1.83. The maximum absolute atomic E-state index is 3.66. The van der Waals surface area contributed by atoms with E-state index in [2.05, 4.69) is 67.2 Å². The van der Waals surface area contributed by atoms with E-state index in [1.807, 2.05) is 0 Å². The highest BCUT2D eigenvalue weighted by atomic mass is 15.3. The Kier molecular flexibility index (Phi) is 6.22. The van der Waals surface area contributed by atoms with Gasteiger partial charge in [-0.25, -0.2) is 0 Å². The number of aryl methyl sites for hydroxylation is 1. The minimum Gasteiger partial charge on any atom is -0.311 e. The van der Waals surface area contributed by atoms with Crippen molar-refractivity contribution in [3.63, 3.8) is 0 Å². The van der Waals surface area contributed by atoms with Gasteiger partial charge in [-0.3, -0.25) is 4.90 Å². The first kappa shape index (κ1) is 16.5. The van der Waals surface area contributed by atoms with Gasteiger partial charge in [0, 0.05) is 45.3 Å². The molecule has 1 N–H and O–H groups in total. The Morgan fingerprint density at radius 3 is 2.48 bits per heavy atom. The van der Waals surface area contributed by atoms with E-state index < -0.39 is 0 Å². The zero-order valence-corrected chi connectivity index (χ0v) is 14.1. The standard InChI is InChI=1S/C18H31N3/c1-15(2)18(21-10-8-20(4)9-11-21)14-19-13-17-7-5-6-16(3)12-17/h5-7,12,15,18-19H,8-11,13-14H2,1-4H3. The SMILES string of the molecule is Cc1cccc(CNCC(C(C)C)N2CCN(C)CC2)c1. The summed E-state index contributed by atoms with van der Waals surface area (Å²) in [6.07, 6.45) is 0. The van der Waals surface area contributed by atoms with E-state index in [4.69, 9.17) is 0 Å². The van der Waals surface area contributed by atoms with Crippen molar-refractivity contribution in [2.45, 2.75) is 33.4 Å². The van der Waals surface area contributed by atoms with Crippen molar-refractivity contribution in [2.75, 3.05) is 39.8 Å². The summed E-state index contributed by atoms with van der Waals surface area (Å²) in [5, 5.41) is 3.66. The number of hydrogen-bond donors (Lipinski definition) is 1. The van der Waals surface area contributed by atoms with Gasteiger partial charge in [-0.05, 0) is 25.5 Å². The zero-order chi connectivity index (χ0) is 15.2.